The zero-order valence-corrected chi connectivity index (χ0v) is 18.2. The molecule has 1 fully saturated rings. The molecule has 1 aromatic rings. The summed E-state index contributed by atoms with van der Waals surface area (Å²) in [4.78, 5) is 15.0. The molecule has 0 saturated heterocycles. The van der Waals surface area contributed by atoms with Gasteiger partial charge in [0.25, 0.3) is 0 Å². The van der Waals surface area contributed by atoms with Gasteiger partial charge >= 0.3 is 5.69 Å². The zero-order chi connectivity index (χ0) is 18.3. The van der Waals surface area contributed by atoms with Crippen molar-refractivity contribution in [3.05, 3.63) is 22.5 Å². The van der Waals surface area contributed by atoms with Crippen LogP contribution in [0.25, 0.3) is 0 Å². The Kier molecular flexibility index (Phi) is 9.31. The first-order valence-corrected chi connectivity index (χ1v) is 9.13. The number of halogens is 1. The van der Waals surface area contributed by atoms with Gasteiger partial charge in [0, 0.05) is 19.6 Å². The maximum Gasteiger partial charge on any atom is 0.306 e. The van der Waals surface area contributed by atoms with E-state index in [9.17, 15) is 10.1 Å². The summed E-state index contributed by atoms with van der Waals surface area (Å²) < 4.78 is 1.57. The van der Waals surface area contributed by atoms with Crippen LogP contribution in [0.2, 0.25) is 0 Å². The van der Waals surface area contributed by atoms with Gasteiger partial charge in [0.15, 0.2) is 5.96 Å². The number of hydrogen-bond donors (Lipinski definition) is 2. The maximum atomic E-state index is 10.7. The van der Waals surface area contributed by atoms with E-state index in [2.05, 4.69) is 29.6 Å². The number of aromatic nitrogens is 2. The van der Waals surface area contributed by atoms with Gasteiger partial charge in [0.1, 0.15) is 12.4 Å². The van der Waals surface area contributed by atoms with Gasteiger partial charge < -0.3 is 10.6 Å². The fourth-order valence-corrected chi connectivity index (χ4v) is 3.42. The van der Waals surface area contributed by atoms with Crippen LogP contribution in [-0.2, 0) is 6.54 Å². The summed E-state index contributed by atoms with van der Waals surface area (Å²) >= 11 is 0. The summed E-state index contributed by atoms with van der Waals surface area (Å²) in [6, 6.07) is 0. The van der Waals surface area contributed by atoms with Crippen LogP contribution < -0.4 is 10.6 Å². The summed E-state index contributed by atoms with van der Waals surface area (Å²) in [5, 5.41) is 21.2. The van der Waals surface area contributed by atoms with Crippen LogP contribution in [0.5, 0.6) is 0 Å². The maximum absolute atomic E-state index is 10.7. The van der Waals surface area contributed by atoms with Gasteiger partial charge in [0.2, 0.25) is 0 Å². The molecular weight excluding hydrogens is 447 g/mol. The molecule has 1 saturated carbocycles. The van der Waals surface area contributed by atoms with Gasteiger partial charge in [-0.2, -0.15) is 5.10 Å². The number of rotatable bonds is 9. The van der Waals surface area contributed by atoms with Crippen LogP contribution >= 0.6 is 24.0 Å². The highest BCUT2D eigenvalue weighted by atomic mass is 127. The minimum atomic E-state index is -0.435. The Hall–Kier alpha value is -1.39. The lowest BCUT2D eigenvalue weighted by molar-refractivity contribution is -0.385. The van der Waals surface area contributed by atoms with Crippen molar-refractivity contribution in [3.63, 3.8) is 0 Å². The van der Waals surface area contributed by atoms with Gasteiger partial charge in [-0.05, 0) is 37.5 Å². The second-order valence-corrected chi connectivity index (χ2v) is 7.29. The molecule has 1 aromatic heterocycles. The van der Waals surface area contributed by atoms with Crippen molar-refractivity contribution >= 4 is 35.6 Å². The first kappa shape index (κ1) is 22.7. The molecule has 0 aromatic carbocycles. The predicted molar refractivity (Wildman–Crippen MR) is 114 cm³/mol. The van der Waals surface area contributed by atoms with Crippen LogP contribution in [0.1, 0.15) is 46.5 Å². The largest absolute Gasteiger partial charge is 0.357 e. The Morgan fingerprint density at radius 2 is 2.19 bits per heavy atom. The average molecular weight is 478 g/mol. The Bertz CT molecular complexity index is 598. The lowest BCUT2D eigenvalue weighted by Crippen LogP contribution is -2.41. The highest BCUT2D eigenvalue weighted by molar-refractivity contribution is 14.0. The normalized spacial score (nSPS) is 15.9. The fraction of sp³-hybridized carbons (Fsp3) is 0.765. The Balaban J connectivity index is 0.00000338. The summed E-state index contributed by atoms with van der Waals surface area (Å²) in [6.07, 6.45) is 7.79. The van der Waals surface area contributed by atoms with E-state index in [1.807, 2.05) is 6.92 Å². The van der Waals surface area contributed by atoms with Gasteiger partial charge in [0.05, 0.1) is 11.5 Å². The topological polar surface area (TPSA) is 97.4 Å². The van der Waals surface area contributed by atoms with E-state index in [1.54, 1.807) is 4.68 Å². The molecule has 2 rings (SSSR count). The van der Waals surface area contributed by atoms with Gasteiger partial charge in [-0.25, -0.2) is 0 Å². The summed E-state index contributed by atoms with van der Waals surface area (Å²) in [5.74, 6) is 1.50. The van der Waals surface area contributed by atoms with Crippen molar-refractivity contribution in [1.29, 1.82) is 0 Å². The molecule has 0 amide bonds. The van der Waals surface area contributed by atoms with Crippen LogP contribution in [0.3, 0.4) is 0 Å². The number of nitrogens with zero attached hydrogens (tertiary/aromatic N) is 4. The molecule has 0 unspecified atom stereocenters. The standard InChI is InChI=1S/C17H30N6O2.HI/c1-4-18-16(20-13-17(6-5-7-17)10-14(2)3)19-8-9-22-12-15(11-21-22)23(24)25;/h11-12,14H,4-10,13H2,1-3H3,(H2,18,19,20);1H. The third-order valence-corrected chi connectivity index (χ3v) is 4.64. The second kappa shape index (κ2) is 10.7. The second-order valence-electron chi connectivity index (χ2n) is 7.29. The number of guanidine groups is 1. The fourth-order valence-electron chi connectivity index (χ4n) is 3.42. The van der Waals surface area contributed by atoms with Crippen molar-refractivity contribution in [3.8, 4) is 0 Å². The van der Waals surface area contributed by atoms with Gasteiger partial charge in [-0.1, -0.05) is 20.3 Å². The molecule has 0 atom stereocenters. The molecule has 148 valence electrons. The zero-order valence-electron chi connectivity index (χ0n) is 15.9. The van der Waals surface area contributed by atoms with E-state index in [0.29, 0.717) is 24.4 Å². The predicted octanol–water partition coefficient (Wildman–Crippen LogP) is 3.18. The Morgan fingerprint density at radius 1 is 1.46 bits per heavy atom. The molecule has 2 N–H and O–H groups in total. The number of aliphatic imine (C=N–C) groups is 1. The van der Waals surface area contributed by atoms with E-state index in [-0.39, 0.29) is 29.7 Å². The lowest BCUT2D eigenvalue weighted by Gasteiger charge is -2.42. The van der Waals surface area contributed by atoms with Crippen LogP contribution in [0.4, 0.5) is 5.69 Å². The minimum absolute atomic E-state index is 0. The number of nitrogens with one attached hydrogen (secondary N) is 2. The molecule has 1 aliphatic carbocycles. The van der Waals surface area contributed by atoms with E-state index in [4.69, 9.17) is 4.99 Å². The van der Waals surface area contributed by atoms with Crippen LogP contribution in [-0.4, -0.2) is 40.3 Å². The van der Waals surface area contributed by atoms with Crippen molar-refractivity contribution in [2.45, 2.75) is 53.0 Å². The molecule has 26 heavy (non-hydrogen) atoms. The summed E-state index contributed by atoms with van der Waals surface area (Å²) in [6.45, 7) is 9.41. The molecule has 8 nitrogen and oxygen atoms in total. The molecule has 0 spiro atoms. The SMILES string of the molecule is CCNC(=NCC1(CC(C)C)CCC1)NCCn1cc([N+](=O)[O-])cn1.I. The lowest BCUT2D eigenvalue weighted by atomic mass is 9.64. The molecule has 1 heterocycles. The average Bonchev–Trinajstić information content (AvgIpc) is 2.98. The van der Waals surface area contributed by atoms with Gasteiger partial charge in [-0.3, -0.25) is 19.8 Å². The first-order chi connectivity index (χ1) is 11.9. The summed E-state index contributed by atoms with van der Waals surface area (Å²) in [5.41, 5.74) is 0.389. The molecule has 0 aliphatic heterocycles. The Morgan fingerprint density at radius 3 is 2.69 bits per heavy atom. The monoisotopic (exact) mass is 478 g/mol. The summed E-state index contributed by atoms with van der Waals surface area (Å²) in [7, 11) is 0. The van der Waals surface area contributed by atoms with E-state index >= 15 is 0 Å². The molecule has 0 bridgehead atoms. The van der Waals surface area contributed by atoms with E-state index < -0.39 is 4.92 Å². The highest BCUT2D eigenvalue weighted by Crippen LogP contribution is 2.46. The minimum Gasteiger partial charge on any atom is -0.357 e. The molecule has 1 aliphatic rings. The van der Waals surface area contributed by atoms with Crippen LogP contribution in [0, 0.1) is 21.4 Å². The van der Waals surface area contributed by atoms with Crippen molar-refractivity contribution < 1.29 is 4.92 Å². The van der Waals surface area contributed by atoms with Gasteiger partial charge in [-0.15, -0.1) is 24.0 Å². The van der Waals surface area contributed by atoms with Crippen LogP contribution in [0.15, 0.2) is 17.4 Å². The first-order valence-electron chi connectivity index (χ1n) is 9.13. The Labute approximate surface area is 172 Å². The molecule has 9 heteroatoms. The van der Waals surface area contributed by atoms with E-state index in [0.717, 1.165) is 19.0 Å². The number of nitro groups is 1. The van der Waals surface area contributed by atoms with Crippen molar-refractivity contribution in [2.75, 3.05) is 19.6 Å². The van der Waals surface area contributed by atoms with Crippen molar-refractivity contribution in [2.24, 2.45) is 16.3 Å². The highest BCUT2D eigenvalue weighted by Gasteiger charge is 2.37. The molecule has 0 radical (unpaired) electrons. The number of hydrogen-bond acceptors (Lipinski definition) is 4. The van der Waals surface area contributed by atoms with E-state index in [1.165, 1.54) is 38.1 Å². The quantitative estimate of drug-likeness (QED) is 0.187. The third kappa shape index (κ3) is 6.73. The molecular formula is C17H31IN6O2. The smallest absolute Gasteiger partial charge is 0.306 e. The van der Waals surface area contributed by atoms with Crippen molar-refractivity contribution in [1.82, 2.24) is 20.4 Å². The third-order valence-electron chi connectivity index (χ3n) is 4.64.